The van der Waals surface area contributed by atoms with Crippen molar-refractivity contribution in [2.75, 3.05) is 61.5 Å². The zero-order chi connectivity index (χ0) is 17.3. The largest absolute Gasteiger partial charge is 0.396 e. The molecule has 3 aliphatic rings. The van der Waals surface area contributed by atoms with Crippen LogP contribution in [0.25, 0.3) is 0 Å². The predicted molar refractivity (Wildman–Crippen MR) is 97.8 cm³/mol. The summed E-state index contributed by atoms with van der Waals surface area (Å²) in [4.78, 5) is 13.7. The van der Waals surface area contributed by atoms with Gasteiger partial charge in [0.2, 0.25) is 5.95 Å². The van der Waals surface area contributed by atoms with Gasteiger partial charge in [0.25, 0.3) is 0 Å². The number of ether oxygens (including phenoxy) is 1. The Balaban J connectivity index is 1.54. The van der Waals surface area contributed by atoms with Gasteiger partial charge >= 0.3 is 0 Å². The zero-order valence-electron chi connectivity index (χ0n) is 14.9. The minimum absolute atomic E-state index is 0.0122. The summed E-state index contributed by atoms with van der Waals surface area (Å²) in [5.74, 6) is 2.91. The number of anilines is 3. The fourth-order valence-corrected chi connectivity index (χ4v) is 4.20. The molecular formula is C18H29N5O2. The van der Waals surface area contributed by atoms with Crippen LogP contribution in [-0.2, 0) is 4.74 Å². The van der Waals surface area contributed by atoms with Crippen molar-refractivity contribution in [1.82, 2.24) is 9.97 Å². The van der Waals surface area contributed by atoms with Crippen LogP contribution in [0.5, 0.6) is 0 Å². The van der Waals surface area contributed by atoms with E-state index in [2.05, 4.69) is 14.8 Å². The van der Waals surface area contributed by atoms with Crippen molar-refractivity contribution in [3.8, 4) is 0 Å². The van der Waals surface area contributed by atoms with E-state index >= 15 is 0 Å². The lowest BCUT2D eigenvalue weighted by Crippen LogP contribution is -2.46. The highest BCUT2D eigenvalue weighted by atomic mass is 16.5. The molecule has 3 heterocycles. The van der Waals surface area contributed by atoms with Crippen LogP contribution in [0.2, 0.25) is 0 Å². The van der Waals surface area contributed by atoms with Gasteiger partial charge in [0, 0.05) is 37.7 Å². The van der Waals surface area contributed by atoms with Crippen LogP contribution in [0.4, 0.5) is 17.6 Å². The second-order valence-electron chi connectivity index (χ2n) is 7.88. The Morgan fingerprint density at radius 1 is 1.20 bits per heavy atom. The summed E-state index contributed by atoms with van der Waals surface area (Å²) < 4.78 is 5.42. The monoisotopic (exact) mass is 347 g/mol. The molecule has 138 valence electrons. The summed E-state index contributed by atoms with van der Waals surface area (Å²) in [7, 11) is 0. The van der Waals surface area contributed by atoms with Gasteiger partial charge < -0.3 is 25.4 Å². The topological polar surface area (TPSA) is 87.7 Å². The van der Waals surface area contributed by atoms with Crippen molar-refractivity contribution in [3.05, 3.63) is 6.07 Å². The summed E-state index contributed by atoms with van der Waals surface area (Å²) in [5.41, 5.74) is 6.09. The third-order valence-corrected chi connectivity index (χ3v) is 5.75. The first-order valence-corrected chi connectivity index (χ1v) is 9.51. The van der Waals surface area contributed by atoms with Crippen molar-refractivity contribution < 1.29 is 9.84 Å². The van der Waals surface area contributed by atoms with Crippen LogP contribution in [0.1, 0.15) is 32.1 Å². The molecule has 0 amide bonds. The number of nitrogens with two attached hydrogens (primary N) is 1. The molecule has 0 aromatic carbocycles. The minimum Gasteiger partial charge on any atom is -0.396 e. The first kappa shape index (κ1) is 16.8. The first-order valence-electron chi connectivity index (χ1n) is 9.51. The highest BCUT2D eigenvalue weighted by Gasteiger charge is 2.40. The summed E-state index contributed by atoms with van der Waals surface area (Å²) in [6.07, 6.45) is 5.97. The Labute approximate surface area is 149 Å². The molecule has 1 aromatic heterocycles. The second kappa shape index (κ2) is 6.96. The fraction of sp³-hybridized carbons (Fsp3) is 0.778. The van der Waals surface area contributed by atoms with Crippen molar-refractivity contribution >= 4 is 17.6 Å². The van der Waals surface area contributed by atoms with E-state index in [9.17, 15) is 5.11 Å². The second-order valence-corrected chi connectivity index (χ2v) is 7.88. The number of morpholine rings is 1. The number of aliphatic hydroxyl groups is 1. The van der Waals surface area contributed by atoms with Gasteiger partial charge in [0.1, 0.15) is 11.6 Å². The smallest absolute Gasteiger partial charge is 0.229 e. The maximum absolute atomic E-state index is 10.1. The Morgan fingerprint density at radius 3 is 2.72 bits per heavy atom. The number of nitrogens with zero attached hydrogens (tertiary/aromatic N) is 4. The van der Waals surface area contributed by atoms with Crippen LogP contribution in [-0.4, -0.2) is 61.1 Å². The van der Waals surface area contributed by atoms with Gasteiger partial charge in [0.15, 0.2) is 0 Å². The van der Waals surface area contributed by atoms with E-state index in [1.54, 1.807) is 0 Å². The van der Waals surface area contributed by atoms with Crippen LogP contribution in [0.3, 0.4) is 0 Å². The Hall–Kier alpha value is -1.60. The molecule has 7 heteroatoms. The zero-order valence-corrected chi connectivity index (χ0v) is 14.9. The standard InChI is InChI=1S/C18H29N5O2/c19-15-10-16(21-17(20-15)22-6-8-25-9-7-22)23-5-1-4-18(12-23,13-24)11-14-2-3-14/h10,14,24H,1-9,11-13H2,(H2,19,20,21)/t18-/m1/s1. The molecule has 0 unspecified atom stereocenters. The number of aromatic nitrogens is 2. The normalized spacial score (nSPS) is 27.6. The molecule has 0 radical (unpaired) electrons. The van der Waals surface area contributed by atoms with Gasteiger partial charge in [-0.15, -0.1) is 0 Å². The van der Waals surface area contributed by atoms with Gasteiger partial charge in [-0.1, -0.05) is 12.8 Å². The number of rotatable bonds is 5. The maximum atomic E-state index is 10.1. The van der Waals surface area contributed by atoms with Gasteiger partial charge in [-0.05, 0) is 25.2 Å². The van der Waals surface area contributed by atoms with E-state index in [1.165, 1.54) is 12.8 Å². The summed E-state index contributed by atoms with van der Waals surface area (Å²) in [6, 6.07) is 1.87. The van der Waals surface area contributed by atoms with E-state index in [0.717, 1.165) is 57.2 Å². The molecule has 1 aromatic rings. The van der Waals surface area contributed by atoms with Crippen molar-refractivity contribution in [3.63, 3.8) is 0 Å². The van der Waals surface area contributed by atoms with Gasteiger partial charge in [-0.3, -0.25) is 0 Å². The molecule has 1 saturated carbocycles. The summed E-state index contributed by atoms with van der Waals surface area (Å²) in [6.45, 7) is 5.08. The lowest BCUT2D eigenvalue weighted by molar-refractivity contribution is 0.0901. The molecular weight excluding hydrogens is 318 g/mol. The molecule has 2 saturated heterocycles. The molecule has 7 nitrogen and oxygen atoms in total. The predicted octanol–water partition coefficient (Wildman–Crippen LogP) is 1.27. The molecule has 4 rings (SSSR count). The number of hydrogen-bond acceptors (Lipinski definition) is 7. The number of aliphatic hydroxyl groups excluding tert-OH is 1. The molecule has 3 N–H and O–H groups in total. The van der Waals surface area contributed by atoms with E-state index in [1.807, 2.05) is 6.07 Å². The van der Waals surface area contributed by atoms with E-state index in [0.29, 0.717) is 25.0 Å². The van der Waals surface area contributed by atoms with Crippen LogP contribution in [0.15, 0.2) is 6.07 Å². The number of hydrogen-bond donors (Lipinski definition) is 2. The first-order chi connectivity index (χ1) is 12.2. The number of nitrogen functional groups attached to an aromatic ring is 1. The molecule has 3 fully saturated rings. The Morgan fingerprint density at radius 2 is 2.00 bits per heavy atom. The lowest BCUT2D eigenvalue weighted by Gasteiger charge is -2.43. The van der Waals surface area contributed by atoms with Gasteiger partial charge in [-0.2, -0.15) is 9.97 Å². The van der Waals surface area contributed by atoms with Crippen LogP contribution in [0, 0.1) is 11.3 Å². The number of piperidine rings is 1. The molecule has 25 heavy (non-hydrogen) atoms. The maximum Gasteiger partial charge on any atom is 0.229 e. The van der Waals surface area contributed by atoms with Crippen LogP contribution >= 0.6 is 0 Å². The average molecular weight is 347 g/mol. The average Bonchev–Trinajstić information content (AvgIpc) is 3.46. The van der Waals surface area contributed by atoms with E-state index in [-0.39, 0.29) is 12.0 Å². The third-order valence-electron chi connectivity index (χ3n) is 5.75. The SMILES string of the molecule is Nc1cc(N2CCC[C@@](CO)(CC3CC3)C2)nc(N2CCOCC2)n1. The third kappa shape index (κ3) is 3.82. The van der Waals surface area contributed by atoms with Gasteiger partial charge in [0.05, 0.1) is 19.8 Å². The minimum atomic E-state index is 0.0122. The van der Waals surface area contributed by atoms with Gasteiger partial charge in [-0.25, -0.2) is 0 Å². The van der Waals surface area contributed by atoms with Crippen molar-refractivity contribution in [1.29, 1.82) is 0 Å². The highest BCUT2D eigenvalue weighted by molar-refractivity contribution is 5.53. The lowest BCUT2D eigenvalue weighted by atomic mass is 9.76. The molecule has 1 aliphatic carbocycles. The Bertz CT molecular complexity index is 603. The molecule has 2 aliphatic heterocycles. The quantitative estimate of drug-likeness (QED) is 0.829. The fourth-order valence-electron chi connectivity index (χ4n) is 4.20. The molecule has 0 spiro atoms. The molecule has 1 atom stereocenters. The van der Waals surface area contributed by atoms with Crippen LogP contribution < -0.4 is 15.5 Å². The highest BCUT2D eigenvalue weighted by Crippen LogP contribution is 2.45. The summed E-state index contributed by atoms with van der Waals surface area (Å²) in [5, 5.41) is 10.1. The van der Waals surface area contributed by atoms with E-state index in [4.69, 9.17) is 15.5 Å². The van der Waals surface area contributed by atoms with Crippen molar-refractivity contribution in [2.45, 2.75) is 32.1 Å². The Kier molecular flexibility index (Phi) is 4.69. The molecule has 0 bridgehead atoms. The van der Waals surface area contributed by atoms with Crippen molar-refractivity contribution in [2.24, 2.45) is 11.3 Å². The van der Waals surface area contributed by atoms with E-state index < -0.39 is 0 Å². The summed E-state index contributed by atoms with van der Waals surface area (Å²) >= 11 is 0.